The number of ether oxygens (including phenoxy) is 2. The minimum absolute atomic E-state index is 0. The molecule has 1 N–H and O–H groups in total. The third-order valence-electron chi connectivity index (χ3n) is 2.63. The fourth-order valence-corrected chi connectivity index (χ4v) is 1.68. The van der Waals surface area contributed by atoms with Crippen molar-refractivity contribution >= 4 is 12.4 Å². The van der Waals surface area contributed by atoms with Crippen LogP contribution in [0.1, 0.15) is 5.56 Å². The number of hydrogen-bond acceptors (Lipinski definition) is 4. The van der Waals surface area contributed by atoms with Crippen LogP contribution in [0.2, 0.25) is 0 Å². The molecule has 2 rings (SSSR count). The maximum Gasteiger partial charge on any atom is 0.213 e. The number of aromatic nitrogens is 1. The SMILES string of the molecule is COc1cccc(CNCCOc2ccccn2)c1.Cl. The molecule has 1 heterocycles. The topological polar surface area (TPSA) is 43.4 Å². The van der Waals surface area contributed by atoms with Gasteiger partial charge in [0.2, 0.25) is 5.88 Å². The van der Waals surface area contributed by atoms with Crippen molar-refractivity contribution in [1.29, 1.82) is 0 Å². The molecule has 0 aliphatic carbocycles. The summed E-state index contributed by atoms with van der Waals surface area (Å²) in [5, 5.41) is 3.31. The number of halogens is 1. The standard InChI is InChI=1S/C15H18N2O2.ClH/c1-18-14-6-4-5-13(11-14)12-16-9-10-19-15-7-2-3-8-17-15;/h2-8,11,16H,9-10,12H2,1H3;1H. The van der Waals surface area contributed by atoms with E-state index in [9.17, 15) is 0 Å². The lowest BCUT2D eigenvalue weighted by molar-refractivity contribution is 0.302. The molecule has 0 radical (unpaired) electrons. The van der Waals surface area contributed by atoms with E-state index in [1.54, 1.807) is 13.3 Å². The number of rotatable bonds is 7. The molecule has 0 unspecified atom stereocenters. The van der Waals surface area contributed by atoms with Crippen molar-refractivity contribution in [2.45, 2.75) is 6.54 Å². The van der Waals surface area contributed by atoms with Crippen LogP contribution >= 0.6 is 12.4 Å². The lowest BCUT2D eigenvalue weighted by Crippen LogP contribution is -2.20. The second-order valence-corrected chi connectivity index (χ2v) is 4.04. The molecule has 1 aromatic carbocycles. The minimum atomic E-state index is 0. The van der Waals surface area contributed by atoms with E-state index in [1.165, 1.54) is 5.56 Å². The van der Waals surface area contributed by atoms with Crippen LogP contribution in [0.3, 0.4) is 0 Å². The summed E-state index contributed by atoms with van der Waals surface area (Å²) < 4.78 is 10.7. The number of nitrogens with zero attached hydrogens (tertiary/aromatic N) is 1. The van der Waals surface area contributed by atoms with Crippen molar-refractivity contribution in [3.05, 3.63) is 54.2 Å². The van der Waals surface area contributed by atoms with Gasteiger partial charge in [0.25, 0.3) is 0 Å². The molecule has 0 fully saturated rings. The van der Waals surface area contributed by atoms with Crippen LogP contribution in [0.5, 0.6) is 11.6 Å². The number of hydrogen-bond donors (Lipinski definition) is 1. The highest BCUT2D eigenvalue weighted by Crippen LogP contribution is 2.11. The normalized spacial score (nSPS) is 9.65. The van der Waals surface area contributed by atoms with Crippen molar-refractivity contribution in [2.75, 3.05) is 20.3 Å². The van der Waals surface area contributed by atoms with Crippen LogP contribution in [0.15, 0.2) is 48.7 Å². The van der Waals surface area contributed by atoms with Crippen LogP contribution in [-0.4, -0.2) is 25.2 Å². The number of benzene rings is 1. The Balaban J connectivity index is 0.00000200. The molecule has 2 aromatic rings. The molecule has 5 heteroatoms. The lowest BCUT2D eigenvalue weighted by Gasteiger charge is -2.07. The molecule has 108 valence electrons. The predicted octanol–water partition coefficient (Wildman–Crippen LogP) is 2.68. The smallest absolute Gasteiger partial charge is 0.213 e. The fourth-order valence-electron chi connectivity index (χ4n) is 1.68. The first-order chi connectivity index (χ1) is 9.38. The van der Waals surface area contributed by atoms with Crippen molar-refractivity contribution < 1.29 is 9.47 Å². The highest BCUT2D eigenvalue weighted by molar-refractivity contribution is 5.85. The Morgan fingerprint density at radius 1 is 1.15 bits per heavy atom. The zero-order chi connectivity index (χ0) is 13.3. The fraction of sp³-hybridized carbons (Fsp3) is 0.267. The average Bonchev–Trinajstić information content (AvgIpc) is 2.48. The molecule has 0 amide bonds. The van der Waals surface area contributed by atoms with Gasteiger partial charge in [-0.25, -0.2) is 4.98 Å². The van der Waals surface area contributed by atoms with Gasteiger partial charge in [-0.2, -0.15) is 0 Å². The van der Waals surface area contributed by atoms with E-state index >= 15 is 0 Å². The largest absolute Gasteiger partial charge is 0.497 e. The molecule has 0 aliphatic rings. The molecule has 0 spiro atoms. The molecule has 0 saturated carbocycles. The van der Waals surface area contributed by atoms with Gasteiger partial charge < -0.3 is 14.8 Å². The van der Waals surface area contributed by atoms with Gasteiger partial charge in [0.15, 0.2) is 0 Å². The highest BCUT2D eigenvalue weighted by Gasteiger charge is 1.96. The third-order valence-corrected chi connectivity index (χ3v) is 2.63. The molecule has 0 aliphatic heterocycles. The lowest BCUT2D eigenvalue weighted by atomic mass is 10.2. The molecular formula is C15H19ClN2O2. The molecule has 20 heavy (non-hydrogen) atoms. The van der Waals surface area contributed by atoms with Gasteiger partial charge >= 0.3 is 0 Å². The van der Waals surface area contributed by atoms with Crippen LogP contribution in [0.25, 0.3) is 0 Å². The van der Waals surface area contributed by atoms with Gasteiger partial charge in [-0.05, 0) is 23.8 Å². The van der Waals surface area contributed by atoms with E-state index in [2.05, 4.69) is 16.4 Å². The third kappa shape index (κ3) is 5.47. The van der Waals surface area contributed by atoms with Gasteiger partial charge in [0.05, 0.1) is 7.11 Å². The van der Waals surface area contributed by atoms with E-state index in [1.807, 2.05) is 36.4 Å². The first-order valence-corrected chi connectivity index (χ1v) is 6.26. The van der Waals surface area contributed by atoms with Crippen LogP contribution in [0.4, 0.5) is 0 Å². The van der Waals surface area contributed by atoms with Gasteiger partial charge in [-0.15, -0.1) is 12.4 Å². The van der Waals surface area contributed by atoms with Crippen LogP contribution in [-0.2, 0) is 6.54 Å². The number of pyridine rings is 1. The van der Waals surface area contributed by atoms with Gasteiger partial charge in [-0.3, -0.25) is 0 Å². The van der Waals surface area contributed by atoms with Crippen LogP contribution in [0, 0.1) is 0 Å². The van der Waals surface area contributed by atoms with E-state index in [-0.39, 0.29) is 12.4 Å². The van der Waals surface area contributed by atoms with Crippen LogP contribution < -0.4 is 14.8 Å². The summed E-state index contributed by atoms with van der Waals surface area (Å²) in [7, 11) is 1.67. The number of methoxy groups -OCH3 is 1. The quantitative estimate of drug-likeness (QED) is 0.797. The minimum Gasteiger partial charge on any atom is -0.497 e. The van der Waals surface area contributed by atoms with E-state index in [0.29, 0.717) is 12.5 Å². The second kappa shape index (κ2) is 9.18. The Morgan fingerprint density at radius 2 is 2.05 bits per heavy atom. The molecule has 0 bridgehead atoms. The molecule has 4 nitrogen and oxygen atoms in total. The Bertz CT molecular complexity index is 494. The maximum absolute atomic E-state index is 5.49. The first-order valence-electron chi connectivity index (χ1n) is 6.26. The van der Waals surface area contributed by atoms with Crippen molar-refractivity contribution in [2.24, 2.45) is 0 Å². The zero-order valence-corrected chi connectivity index (χ0v) is 12.2. The summed E-state index contributed by atoms with van der Waals surface area (Å²) in [4.78, 5) is 4.09. The summed E-state index contributed by atoms with van der Waals surface area (Å²) in [5.74, 6) is 1.54. The van der Waals surface area contributed by atoms with E-state index in [0.717, 1.165) is 18.8 Å². The summed E-state index contributed by atoms with van der Waals surface area (Å²) in [6.07, 6.45) is 1.72. The van der Waals surface area contributed by atoms with Gasteiger partial charge in [0, 0.05) is 25.4 Å². The summed E-state index contributed by atoms with van der Waals surface area (Å²) >= 11 is 0. The molecular weight excluding hydrogens is 276 g/mol. The molecule has 1 aromatic heterocycles. The Morgan fingerprint density at radius 3 is 2.80 bits per heavy atom. The Labute approximate surface area is 125 Å². The van der Waals surface area contributed by atoms with Crippen molar-refractivity contribution in [3.8, 4) is 11.6 Å². The maximum atomic E-state index is 5.49. The van der Waals surface area contributed by atoms with Crippen molar-refractivity contribution in [3.63, 3.8) is 0 Å². The van der Waals surface area contributed by atoms with Gasteiger partial charge in [-0.1, -0.05) is 18.2 Å². The highest BCUT2D eigenvalue weighted by atomic mass is 35.5. The zero-order valence-electron chi connectivity index (χ0n) is 11.4. The van der Waals surface area contributed by atoms with Gasteiger partial charge in [0.1, 0.15) is 12.4 Å². The summed E-state index contributed by atoms with van der Waals surface area (Å²) in [6, 6.07) is 13.6. The van der Waals surface area contributed by atoms with E-state index < -0.39 is 0 Å². The van der Waals surface area contributed by atoms with Crippen molar-refractivity contribution in [1.82, 2.24) is 10.3 Å². The summed E-state index contributed by atoms with van der Waals surface area (Å²) in [5.41, 5.74) is 1.19. The first kappa shape index (κ1) is 16.3. The predicted molar refractivity (Wildman–Crippen MR) is 81.7 cm³/mol. The average molecular weight is 295 g/mol. The number of nitrogens with one attached hydrogen (secondary N) is 1. The Kier molecular flexibility index (Phi) is 7.47. The van der Waals surface area contributed by atoms with E-state index in [4.69, 9.17) is 9.47 Å². The Hall–Kier alpha value is -1.78. The molecule has 0 saturated heterocycles. The monoisotopic (exact) mass is 294 g/mol. The molecule has 0 atom stereocenters. The second-order valence-electron chi connectivity index (χ2n) is 4.04. The summed E-state index contributed by atoms with van der Waals surface area (Å²) in [6.45, 7) is 2.16.